The quantitative estimate of drug-likeness (QED) is 0.455. The Bertz CT molecular complexity index is 1380. The molecular weight excluding hydrogens is 554 g/mol. The number of piperazine rings is 1. The van der Waals surface area contributed by atoms with Crippen LogP contribution in [0.5, 0.6) is 0 Å². The van der Waals surface area contributed by atoms with Crippen molar-refractivity contribution in [1.29, 1.82) is 0 Å². The van der Waals surface area contributed by atoms with Crippen LogP contribution in [0.1, 0.15) is 26.7 Å². The molecule has 0 spiro atoms. The fourth-order valence-electron chi connectivity index (χ4n) is 5.38. The minimum atomic E-state index is -4.71. The number of aliphatic hydroxyl groups is 1. The lowest BCUT2D eigenvalue weighted by molar-refractivity contribution is -0.115. The SMILES string of the molecule is C[C@H]1CN(c2cc(F)c(-c3cnc(N4CCC(C)(O)CC4)nc3)cc2NC(=O)C2=CNCC=C2C(F)(F)F)CCN1C. The lowest BCUT2D eigenvalue weighted by Crippen LogP contribution is -2.50. The molecule has 3 aliphatic rings. The number of alkyl halides is 3. The fourth-order valence-corrected chi connectivity index (χ4v) is 5.38. The van der Waals surface area contributed by atoms with Gasteiger partial charge >= 0.3 is 6.18 Å². The van der Waals surface area contributed by atoms with E-state index in [9.17, 15) is 23.1 Å². The summed E-state index contributed by atoms with van der Waals surface area (Å²) >= 11 is 0. The first-order valence-electron chi connectivity index (χ1n) is 13.9. The van der Waals surface area contributed by atoms with Crippen molar-refractivity contribution in [3.63, 3.8) is 0 Å². The van der Waals surface area contributed by atoms with Gasteiger partial charge in [0.2, 0.25) is 5.95 Å². The van der Waals surface area contributed by atoms with Gasteiger partial charge in [0, 0.05) is 75.0 Å². The number of benzene rings is 1. The number of hydrogen-bond acceptors (Lipinski definition) is 8. The van der Waals surface area contributed by atoms with Crippen LogP contribution >= 0.6 is 0 Å². The van der Waals surface area contributed by atoms with Gasteiger partial charge in [-0.1, -0.05) is 6.08 Å². The summed E-state index contributed by atoms with van der Waals surface area (Å²) in [5, 5.41) is 15.5. The van der Waals surface area contributed by atoms with E-state index >= 15 is 4.39 Å². The summed E-state index contributed by atoms with van der Waals surface area (Å²) in [6, 6.07) is 2.86. The lowest BCUT2D eigenvalue weighted by atomic mass is 9.94. The van der Waals surface area contributed by atoms with E-state index in [-0.39, 0.29) is 23.8 Å². The van der Waals surface area contributed by atoms with Crippen molar-refractivity contribution >= 4 is 23.2 Å². The van der Waals surface area contributed by atoms with Crippen molar-refractivity contribution < 1.29 is 27.5 Å². The van der Waals surface area contributed by atoms with Crippen molar-refractivity contribution in [3.05, 3.63) is 53.8 Å². The molecular formula is C29H35F4N7O2. The van der Waals surface area contributed by atoms with Gasteiger partial charge in [-0.3, -0.25) is 4.79 Å². The predicted molar refractivity (Wildman–Crippen MR) is 153 cm³/mol. The van der Waals surface area contributed by atoms with Gasteiger partial charge < -0.3 is 30.4 Å². The summed E-state index contributed by atoms with van der Waals surface area (Å²) in [6.07, 6.45) is 1.36. The number of likely N-dealkylation sites (N-methyl/N-ethyl adjacent to an activating group) is 1. The molecule has 9 nitrogen and oxygen atoms in total. The Hall–Kier alpha value is -3.71. The Morgan fingerprint density at radius 2 is 1.81 bits per heavy atom. The molecule has 0 bridgehead atoms. The van der Waals surface area contributed by atoms with Gasteiger partial charge in [-0.15, -0.1) is 0 Å². The molecule has 2 saturated heterocycles. The summed E-state index contributed by atoms with van der Waals surface area (Å²) < 4.78 is 56.7. The Labute approximate surface area is 241 Å². The number of carbonyl (C=O) groups is 1. The second kappa shape index (κ2) is 11.5. The fraction of sp³-hybridized carbons (Fsp3) is 0.483. The molecule has 1 amide bonds. The molecule has 42 heavy (non-hydrogen) atoms. The molecule has 1 atom stereocenters. The summed E-state index contributed by atoms with van der Waals surface area (Å²) in [5.41, 5.74) is -1.29. The van der Waals surface area contributed by atoms with E-state index in [1.54, 1.807) is 6.92 Å². The third-order valence-corrected chi connectivity index (χ3v) is 8.22. The van der Waals surface area contributed by atoms with Gasteiger partial charge in [0.1, 0.15) is 5.82 Å². The summed E-state index contributed by atoms with van der Waals surface area (Å²) in [4.78, 5) is 28.1. The molecule has 0 unspecified atom stereocenters. The molecule has 3 N–H and O–H groups in total. The zero-order valence-corrected chi connectivity index (χ0v) is 23.8. The van der Waals surface area contributed by atoms with E-state index in [2.05, 4.69) is 25.5 Å². The van der Waals surface area contributed by atoms with E-state index < -0.39 is 34.6 Å². The number of anilines is 3. The van der Waals surface area contributed by atoms with E-state index in [1.165, 1.54) is 24.5 Å². The number of nitrogens with one attached hydrogen (secondary N) is 2. The average Bonchev–Trinajstić information content (AvgIpc) is 2.95. The number of piperidine rings is 1. The monoisotopic (exact) mass is 589 g/mol. The number of nitrogens with zero attached hydrogens (tertiary/aromatic N) is 5. The minimum Gasteiger partial charge on any atom is -0.390 e. The van der Waals surface area contributed by atoms with Crippen molar-refractivity contribution in [2.45, 2.75) is 44.5 Å². The largest absolute Gasteiger partial charge is 0.416 e. The van der Waals surface area contributed by atoms with Crippen molar-refractivity contribution in [2.75, 3.05) is 61.4 Å². The molecule has 2 aromatic rings. The minimum absolute atomic E-state index is 0.0521. The van der Waals surface area contributed by atoms with E-state index in [1.807, 2.05) is 23.8 Å². The second-order valence-corrected chi connectivity index (χ2v) is 11.4. The van der Waals surface area contributed by atoms with Crippen LogP contribution in [0.25, 0.3) is 11.1 Å². The maximum atomic E-state index is 15.7. The van der Waals surface area contributed by atoms with E-state index in [0.717, 1.165) is 12.3 Å². The van der Waals surface area contributed by atoms with Gasteiger partial charge in [0.05, 0.1) is 28.1 Å². The molecule has 0 saturated carbocycles. The van der Waals surface area contributed by atoms with Crippen LogP contribution in [0.4, 0.5) is 34.9 Å². The van der Waals surface area contributed by atoms with Crippen LogP contribution in [-0.4, -0.2) is 90.0 Å². The van der Waals surface area contributed by atoms with Crippen LogP contribution in [0, 0.1) is 5.82 Å². The molecule has 4 heterocycles. The summed E-state index contributed by atoms with van der Waals surface area (Å²) in [7, 11) is 1.98. The van der Waals surface area contributed by atoms with Gasteiger partial charge in [-0.05, 0) is 45.9 Å². The molecule has 0 radical (unpaired) electrons. The highest BCUT2D eigenvalue weighted by Crippen LogP contribution is 2.37. The Balaban J connectivity index is 1.47. The van der Waals surface area contributed by atoms with Crippen LogP contribution < -0.4 is 20.4 Å². The summed E-state index contributed by atoms with van der Waals surface area (Å²) in [5.74, 6) is -1.08. The zero-order chi connectivity index (χ0) is 30.2. The predicted octanol–water partition coefficient (Wildman–Crippen LogP) is 3.69. The number of hydrogen-bond donors (Lipinski definition) is 3. The number of carbonyl (C=O) groups excluding carboxylic acids is 1. The first kappa shape index (κ1) is 29.8. The van der Waals surface area contributed by atoms with Crippen LogP contribution in [0.15, 0.2) is 47.9 Å². The Kier molecular flexibility index (Phi) is 8.17. The van der Waals surface area contributed by atoms with Gasteiger partial charge in [0.15, 0.2) is 0 Å². The smallest absolute Gasteiger partial charge is 0.390 e. The maximum absolute atomic E-state index is 15.7. The van der Waals surface area contributed by atoms with Crippen molar-refractivity contribution in [2.24, 2.45) is 0 Å². The molecule has 0 aliphatic carbocycles. The van der Waals surface area contributed by atoms with Gasteiger partial charge in [-0.25, -0.2) is 14.4 Å². The number of halogens is 4. The maximum Gasteiger partial charge on any atom is 0.416 e. The van der Waals surface area contributed by atoms with Crippen LogP contribution in [0.3, 0.4) is 0 Å². The standard InChI is InChI=1S/C29H35F4N7O2/c1-18-17-40(11-10-38(18)3)25-13-23(30)20(19-14-35-27(36-15-19)39-8-5-28(2,42)6-9-39)12-24(25)37-26(41)21-16-34-7-4-22(21)29(31,32)33/h4,12-16,18,34,42H,5-11,17H2,1-3H3,(H,37,41)/t18-/m0/s1. The molecule has 226 valence electrons. The zero-order valence-electron chi connectivity index (χ0n) is 23.8. The van der Waals surface area contributed by atoms with Crippen LogP contribution in [-0.2, 0) is 4.79 Å². The first-order chi connectivity index (χ1) is 19.8. The first-order valence-corrected chi connectivity index (χ1v) is 13.9. The Morgan fingerprint density at radius 1 is 1.12 bits per heavy atom. The molecule has 2 fully saturated rings. The van der Waals surface area contributed by atoms with Gasteiger partial charge in [0.25, 0.3) is 5.91 Å². The topological polar surface area (TPSA) is 96.9 Å². The third-order valence-electron chi connectivity index (χ3n) is 8.22. The molecule has 13 heteroatoms. The number of dihydropyridines is 1. The van der Waals surface area contributed by atoms with E-state index in [0.29, 0.717) is 62.8 Å². The van der Waals surface area contributed by atoms with Crippen molar-refractivity contribution in [3.8, 4) is 11.1 Å². The normalized spacial score (nSPS) is 21.4. The highest BCUT2D eigenvalue weighted by molar-refractivity contribution is 6.09. The summed E-state index contributed by atoms with van der Waals surface area (Å²) in [6.45, 7) is 6.69. The second-order valence-electron chi connectivity index (χ2n) is 11.4. The van der Waals surface area contributed by atoms with E-state index in [4.69, 9.17) is 0 Å². The highest BCUT2D eigenvalue weighted by atomic mass is 19.4. The van der Waals surface area contributed by atoms with Crippen LogP contribution in [0.2, 0.25) is 0 Å². The molecule has 1 aromatic carbocycles. The molecule has 5 rings (SSSR count). The van der Waals surface area contributed by atoms with Gasteiger partial charge in [-0.2, -0.15) is 13.2 Å². The number of aromatic nitrogens is 2. The Morgan fingerprint density at radius 3 is 2.45 bits per heavy atom. The number of rotatable bonds is 5. The molecule has 1 aromatic heterocycles. The average molecular weight is 590 g/mol. The third kappa shape index (κ3) is 6.36. The van der Waals surface area contributed by atoms with Crippen molar-refractivity contribution in [1.82, 2.24) is 20.2 Å². The highest BCUT2D eigenvalue weighted by Gasteiger charge is 2.39. The lowest BCUT2D eigenvalue weighted by Gasteiger charge is -2.39. The molecule has 3 aliphatic heterocycles. The number of amides is 1.